The van der Waals surface area contributed by atoms with E-state index in [0.717, 1.165) is 22.3 Å². The van der Waals surface area contributed by atoms with Crippen LogP contribution in [0.4, 0.5) is 4.79 Å². The molecule has 0 saturated heterocycles. The molecule has 0 heterocycles. The topological polar surface area (TPSA) is 239 Å². The van der Waals surface area contributed by atoms with Gasteiger partial charge in [-0.3, -0.25) is 14.4 Å². The van der Waals surface area contributed by atoms with E-state index in [0.29, 0.717) is 6.42 Å². The van der Waals surface area contributed by atoms with Crippen LogP contribution in [0.2, 0.25) is 0 Å². The van der Waals surface area contributed by atoms with Crippen molar-refractivity contribution in [2.75, 3.05) is 13.2 Å². The van der Waals surface area contributed by atoms with Gasteiger partial charge < -0.3 is 45.7 Å². The number of alkyl carbamates (subject to hydrolysis) is 1. The van der Waals surface area contributed by atoms with Gasteiger partial charge in [-0.2, -0.15) is 0 Å². The Morgan fingerprint density at radius 1 is 0.672 bits per heavy atom. The third kappa shape index (κ3) is 13.0. The molecule has 6 N–H and O–H groups in total. The number of carboxylic acid groups (broad SMARTS) is 1. The van der Waals surface area contributed by atoms with Crippen LogP contribution < -0.4 is 21.7 Å². The summed E-state index contributed by atoms with van der Waals surface area (Å²) in [6.07, 6.45) is -4.20. The van der Waals surface area contributed by atoms with Crippen molar-refractivity contribution in [2.45, 2.75) is 117 Å². The SMILES string of the molecule is CC(OC(=O)C(NC(=O)C(OC(=O)C(CCCCNC(=O)OCC1c2ccccc2-c2ccccc21)NC(=O)C(C)OC(=O)C(N)C(C)C)C(C)C)C(C)C)C(=O)O. The van der Waals surface area contributed by atoms with Crippen LogP contribution in [0.1, 0.15) is 91.7 Å². The molecule has 16 heteroatoms. The second kappa shape index (κ2) is 21.9. The number of hydrogen-bond donors (Lipinski definition) is 5. The van der Waals surface area contributed by atoms with Gasteiger partial charge in [-0.1, -0.05) is 90.1 Å². The summed E-state index contributed by atoms with van der Waals surface area (Å²) in [5.74, 6) is -7.30. The van der Waals surface area contributed by atoms with Gasteiger partial charge in [-0.25, -0.2) is 19.2 Å². The Hall–Kier alpha value is -5.51. The van der Waals surface area contributed by atoms with Gasteiger partial charge in [0.15, 0.2) is 18.3 Å². The van der Waals surface area contributed by atoms with Crippen LogP contribution in [0, 0.1) is 17.8 Å². The van der Waals surface area contributed by atoms with Crippen molar-refractivity contribution >= 4 is 41.8 Å². The fraction of sp³-hybridized carbons (Fsp3) is 0.548. The lowest BCUT2D eigenvalue weighted by Crippen LogP contribution is -2.53. The van der Waals surface area contributed by atoms with Gasteiger partial charge in [0.2, 0.25) is 0 Å². The minimum absolute atomic E-state index is 0.00355. The minimum Gasteiger partial charge on any atom is -0.479 e. The second-order valence-corrected chi connectivity index (χ2v) is 15.4. The molecule has 318 valence electrons. The van der Waals surface area contributed by atoms with Gasteiger partial charge >= 0.3 is 30.0 Å². The number of unbranched alkanes of at least 4 members (excludes halogenated alkanes) is 1. The third-order valence-corrected chi connectivity index (χ3v) is 9.75. The molecule has 6 unspecified atom stereocenters. The van der Waals surface area contributed by atoms with Crippen LogP contribution in [-0.4, -0.2) is 96.5 Å². The smallest absolute Gasteiger partial charge is 0.407 e. The van der Waals surface area contributed by atoms with E-state index in [1.165, 1.54) is 13.8 Å². The van der Waals surface area contributed by atoms with Crippen LogP contribution in [0.3, 0.4) is 0 Å². The zero-order valence-corrected chi connectivity index (χ0v) is 34.4. The van der Waals surface area contributed by atoms with E-state index in [1.54, 1.807) is 41.5 Å². The molecular weight excluding hydrogens is 752 g/mol. The molecule has 0 bridgehead atoms. The summed E-state index contributed by atoms with van der Waals surface area (Å²) in [4.78, 5) is 89.5. The Balaban J connectivity index is 1.65. The van der Waals surface area contributed by atoms with Crippen LogP contribution in [-0.2, 0) is 47.7 Å². The first kappa shape index (κ1) is 46.9. The average molecular weight is 811 g/mol. The Labute approximate surface area is 339 Å². The molecule has 0 saturated carbocycles. The maximum absolute atomic E-state index is 13.7. The molecule has 0 radical (unpaired) electrons. The number of fused-ring (bicyclic) bond motifs is 3. The number of rotatable bonds is 21. The number of amides is 3. The van der Waals surface area contributed by atoms with Crippen molar-refractivity contribution in [2.24, 2.45) is 23.5 Å². The average Bonchev–Trinajstić information content (AvgIpc) is 3.49. The van der Waals surface area contributed by atoms with Crippen molar-refractivity contribution < 1.29 is 57.6 Å². The van der Waals surface area contributed by atoms with Crippen molar-refractivity contribution in [3.63, 3.8) is 0 Å². The number of nitrogens with one attached hydrogen (secondary N) is 3. The monoisotopic (exact) mass is 810 g/mol. The molecule has 58 heavy (non-hydrogen) atoms. The summed E-state index contributed by atoms with van der Waals surface area (Å²) in [5.41, 5.74) is 10.2. The maximum atomic E-state index is 13.7. The van der Waals surface area contributed by atoms with Gasteiger partial charge in [-0.15, -0.1) is 0 Å². The molecule has 3 amide bonds. The zero-order chi connectivity index (χ0) is 43.3. The predicted molar refractivity (Wildman–Crippen MR) is 212 cm³/mol. The number of carbonyl (C=O) groups excluding carboxylic acids is 6. The van der Waals surface area contributed by atoms with Crippen LogP contribution in [0.25, 0.3) is 11.1 Å². The number of nitrogens with two attached hydrogens (primary N) is 1. The van der Waals surface area contributed by atoms with Gasteiger partial charge in [-0.05, 0) is 73.1 Å². The number of aliphatic carboxylic acids is 1. The molecule has 0 aliphatic heterocycles. The lowest BCUT2D eigenvalue weighted by atomic mass is 9.98. The van der Waals surface area contributed by atoms with Crippen molar-refractivity contribution in [3.05, 3.63) is 59.7 Å². The number of benzene rings is 2. The van der Waals surface area contributed by atoms with E-state index in [1.807, 2.05) is 48.5 Å². The quantitative estimate of drug-likeness (QED) is 0.0686. The minimum atomic E-state index is -1.47. The van der Waals surface area contributed by atoms with E-state index in [4.69, 9.17) is 29.8 Å². The van der Waals surface area contributed by atoms with E-state index in [-0.39, 0.29) is 37.8 Å². The fourth-order valence-corrected chi connectivity index (χ4v) is 6.16. The number of hydrogen-bond acceptors (Lipinski definition) is 12. The zero-order valence-electron chi connectivity index (χ0n) is 34.4. The van der Waals surface area contributed by atoms with Crippen molar-refractivity contribution in [1.29, 1.82) is 0 Å². The summed E-state index contributed by atoms with van der Waals surface area (Å²) >= 11 is 0. The highest BCUT2D eigenvalue weighted by molar-refractivity contribution is 5.92. The molecule has 0 spiro atoms. The van der Waals surface area contributed by atoms with E-state index in [2.05, 4.69) is 16.0 Å². The summed E-state index contributed by atoms with van der Waals surface area (Å²) in [5, 5.41) is 16.9. The Morgan fingerprint density at radius 3 is 1.78 bits per heavy atom. The third-order valence-electron chi connectivity index (χ3n) is 9.75. The molecule has 0 fully saturated rings. The Kier molecular flexibility index (Phi) is 17.7. The fourth-order valence-electron chi connectivity index (χ4n) is 6.16. The number of carboxylic acids is 1. The molecular formula is C42H58N4O12. The molecule has 1 aliphatic carbocycles. The Morgan fingerprint density at radius 2 is 1.24 bits per heavy atom. The largest absolute Gasteiger partial charge is 0.479 e. The van der Waals surface area contributed by atoms with Crippen LogP contribution in [0.5, 0.6) is 0 Å². The summed E-state index contributed by atoms with van der Waals surface area (Å²) in [6.45, 7) is 12.7. The first-order valence-electron chi connectivity index (χ1n) is 19.6. The molecule has 3 rings (SSSR count). The number of ether oxygens (including phenoxy) is 4. The predicted octanol–water partition coefficient (Wildman–Crippen LogP) is 3.82. The van der Waals surface area contributed by atoms with Gasteiger partial charge in [0.25, 0.3) is 11.8 Å². The molecule has 16 nitrogen and oxygen atoms in total. The summed E-state index contributed by atoms with van der Waals surface area (Å²) < 4.78 is 21.5. The van der Waals surface area contributed by atoms with Gasteiger partial charge in [0.05, 0.1) is 0 Å². The number of esters is 3. The van der Waals surface area contributed by atoms with E-state index in [9.17, 15) is 33.6 Å². The molecule has 2 aromatic carbocycles. The van der Waals surface area contributed by atoms with E-state index < -0.39 is 90.1 Å². The van der Waals surface area contributed by atoms with Gasteiger partial charge in [0.1, 0.15) is 24.7 Å². The van der Waals surface area contributed by atoms with Crippen molar-refractivity contribution in [3.8, 4) is 11.1 Å². The highest BCUT2D eigenvalue weighted by Gasteiger charge is 2.36. The number of carbonyl (C=O) groups is 7. The first-order chi connectivity index (χ1) is 27.3. The Bertz CT molecular complexity index is 1730. The van der Waals surface area contributed by atoms with Crippen LogP contribution in [0.15, 0.2) is 48.5 Å². The van der Waals surface area contributed by atoms with E-state index >= 15 is 0 Å². The molecule has 6 atom stereocenters. The lowest BCUT2D eigenvalue weighted by Gasteiger charge is -2.28. The summed E-state index contributed by atoms with van der Waals surface area (Å²) in [6, 6.07) is 12.4. The standard InChI is InChI=1S/C42H58N4O12/c1-22(2)33(43)40(52)56-25(7)36(47)45-32(39(51)58-35(24(5)6)37(48)46-34(23(3)4)41(53)57-26(8)38(49)50)19-13-14-20-44-42(54)55-21-31-29-17-11-9-15-27(29)28-16-10-12-18-30(28)31/h9-12,15-18,22-26,31-35H,13-14,19-21,43H2,1-8H3,(H,44,54)(H,45,47)(H,46,48)(H,49,50). The normalized spacial score (nSPS) is 15.2. The lowest BCUT2D eigenvalue weighted by molar-refractivity contribution is -0.167. The second-order valence-electron chi connectivity index (χ2n) is 15.4. The molecule has 1 aliphatic rings. The molecule has 0 aromatic heterocycles. The molecule has 2 aromatic rings. The van der Waals surface area contributed by atoms with Gasteiger partial charge in [0, 0.05) is 12.5 Å². The maximum Gasteiger partial charge on any atom is 0.407 e. The van der Waals surface area contributed by atoms with Crippen LogP contribution >= 0.6 is 0 Å². The first-order valence-corrected chi connectivity index (χ1v) is 19.6. The highest BCUT2D eigenvalue weighted by Crippen LogP contribution is 2.44. The summed E-state index contributed by atoms with van der Waals surface area (Å²) in [7, 11) is 0. The van der Waals surface area contributed by atoms with Crippen molar-refractivity contribution in [1.82, 2.24) is 16.0 Å². The highest BCUT2D eigenvalue weighted by atomic mass is 16.6.